The molecule has 2 nitrogen and oxygen atoms in total. The van der Waals surface area contributed by atoms with Crippen LogP contribution in [0.5, 0.6) is 0 Å². The lowest BCUT2D eigenvalue weighted by atomic mass is 9.87. The van der Waals surface area contributed by atoms with Crippen molar-refractivity contribution in [2.45, 2.75) is 19.8 Å². The van der Waals surface area contributed by atoms with Gasteiger partial charge < -0.3 is 10.6 Å². The molecule has 2 saturated heterocycles. The van der Waals surface area contributed by atoms with Gasteiger partial charge in [0.05, 0.1) is 0 Å². The van der Waals surface area contributed by atoms with E-state index in [0.29, 0.717) is 0 Å². The van der Waals surface area contributed by atoms with Gasteiger partial charge in [-0.15, -0.1) is 0 Å². The summed E-state index contributed by atoms with van der Waals surface area (Å²) in [7, 11) is 0. The summed E-state index contributed by atoms with van der Waals surface area (Å²) in [6, 6.07) is 0. The molecule has 0 amide bonds. The number of likely N-dealkylation sites (tertiary alicyclic amines) is 1. The molecule has 2 N–H and O–H groups in total. The van der Waals surface area contributed by atoms with Crippen LogP contribution in [0.2, 0.25) is 0 Å². The Hall–Kier alpha value is 0.270. The van der Waals surface area contributed by atoms with Crippen LogP contribution < -0.4 is 5.73 Å². The van der Waals surface area contributed by atoms with Crippen molar-refractivity contribution in [3.63, 3.8) is 0 Å². The Bertz CT molecular complexity index is 190. The summed E-state index contributed by atoms with van der Waals surface area (Å²) in [6.45, 7) is 7.12. The van der Waals surface area contributed by atoms with Gasteiger partial charge in [-0.25, -0.2) is 0 Å². The van der Waals surface area contributed by atoms with E-state index in [2.05, 4.69) is 23.6 Å². The normalized spacial score (nSPS) is 38.4. The summed E-state index contributed by atoms with van der Waals surface area (Å²) in [4.78, 5) is 2.66. The number of thioether (sulfide) groups is 1. The third-order valence-electron chi connectivity index (χ3n) is 4.04. The van der Waals surface area contributed by atoms with E-state index in [0.717, 1.165) is 24.3 Å². The highest BCUT2D eigenvalue weighted by Crippen LogP contribution is 2.27. The summed E-state index contributed by atoms with van der Waals surface area (Å²) in [5.74, 6) is 5.31. The Morgan fingerprint density at radius 1 is 1.40 bits per heavy atom. The molecule has 0 radical (unpaired) electrons. The van der Waals surface area contributed by atoms with E-state index >= 15 is 0 Å². The van der Waals surface area contributed by atoms with Gasteiger partial charge in [0.15, 0.2) is 0 Å². The number of piperidine rings is 1. The van der Waals surface area contributed by atoms with E-state index < -0.39 is 0 Å². The molecular weight excluding hydrogens is 204 g/mol. The Kier molecular flexibility index (Phi) is 4.35. The fraction of sp³-hybridized carbons (Fsp3) is 1.00. The van der Waals surface area contributed by atoms with Crippen LogP contribution in [0.1, 0.15) is 19.8 Å². The van der Waals surface area contributed by atoms with Crippen molar-refractivity contribution < 1.29 is 0 Å². The van der Waals surface area contributed by atoms with Crippen molar-refractivity contribution in [3.05, 3.63) is 0 Å². The minimum absolute atomic E-state index is 0.743. The Morgan fingerprint density at radius 2 is 2.27 bits per heavy atom. The maximum absolute atomic E-state index is 5.83. The standard InChI is InChI=1S/C12H24N2S/c1-10-2-4-14(8-12(10)6-13)7-11-3-5-15-9-11/h10-12H,2-9,13H2,1H3. The smallest absolute Gasteiger partial charge is 0.00244 e. The van der Waals surface area contributed by atoms with Crippen molar-refractivity contribution in [2.75, 3.05) is 37.7 Å². The summed E-state index contributed by atoms with van der Waals surface area (Å²) < 4.78 is 0. The molecule has 2 rings (SSSR count). The monoisotopic (exact) mass is 228 g/mol. The molecule has 0 aromatic heterocycles. The lowest BCUT2D eigenvalue weighted by Gasteiger charge is -2.37. The molecule has 2 fully saturated rings. The fourth-order valence-electron chi connectivity index (χ4n) is 2.79. The Labute approximate surface area is 98.0 Å². The Balaban J connectivity index is 1.78. The van der Waals surface area contributed by atoms with Crippen LogP contribution in [0.15, 0.2) is 0 Å². The van der Waals surface area contributed by atoms with E-state index in [1.54, 1.807) is 0 Å². The predicted octanol–water partition coefficient (Wildman–Crippen LogP) is 1.66. The van der Waals surface area contributed by atoms with E-state index in [1.807, 2.05) is 0 Å². The van der Waals surface area contributed by atoms with Crippen LogP contribution in [-0.2, 0) is 0 Å². The van der Waals surface area contributed by atoms with Crippen molar-refractivity contribution in [3.8, 4) is 0 Å². The number of hydrogen-bond acceptors (Lipinski definition) is 3. The van der Waals surface area contributed by atoms with Gasteiger partial charge in [0.25, 0.3) is 0 Å². The summed E-state index contributed by atoms with van der Waals surface area (Å²) >= 11 is 2.13. The van der Waals surface area contributed by atoms with Gasteiger partial charge in [0.2, 0.25) is 0 Å². The van der Waals surface area contributed by atoms with Crippen LogP contribution in [0.25, 0.3) is 0 Å². The van der Waals surface area contributed by atoms with E-state index in [-0.39, 0.29) is 0 Å². The van der Waals surface area contributed by atoms with Crippen LogP contribution in [0, 0.1) is 17.8 Å². The molecule has 88 valence electrons. The van der Waals surface area contributed by atoms with Crippen molar-refractivity contribution in [1.82, 2.24) is 4.90 Å². The second kappa shape index (κ2) is 5.55. The van der Waals surface area contributed by atoms with E-state index in [1.165, 1.54) is 44.0 Å². The molecule has 15 heavy (non-hydrogen) atoms. The first kappa shape index (κ1) is 11.7. The molecule has 2 heterocycles. The minimum atomic E-state index is 0.743. The third kappa shape index (κ3) is 3.11. The van der Waals surface area contributed by atoms with Gasteiger partial charge in [-0.3, -0.25) is 0 Å². The zero-order chi connectivity index (χ0) is 10.7. The summed E-state index contributed by atoms with van der Waals surface area (Å²) in [5.41, 5.74) is 5.83. The zero-order valence-corrected chi connectivity index (χ0v) is 10.6. The lowest BCUT2D eigenvalue weighted by molar-refractivity contribution is 0.119. The molecule has 0 aromatic carbocycles. The largest absolute Gasteiger partial charge is 0.330 e. The molecule has 2 aliphatic rings. The summed E-state index contributed by atoms with van der Waals surface area (Å²) in [5, 5.41) is 0. The number of nitrogens with zero attached hydrogens (tertiary/aromatic N) is 1. The van der Waals surface area contributed by atoms with Gasteiger partial charge in [-0.2, -0.15) is 11.8 Å². The average Bonchev–Trinajstić information content (AvgIpc) is 2.73. The van der Waals surface area contributed by atoms with Crippen LogP contribution in [-0.4, -0.2) is 42.6 Å². The van der Waals surface area contributed by atoms with Crippen LogP contribution in [0.4, 0.5) is 0 Å². The number of hydrogen-bond donors (Lipinski definition) is 1. The molecular formula is C12H24N2S. The molecule has 0 bridgehead atoms. The van der Waals surface area contributed by atoms with Crippen LogP contribution in [0.3, 0.4) is 0 Å². The molecule has 0 aromatic rings. The predicted molar refractivity (Wildman–Crippen MR) is 68.2 cm³/mol. The number of nitrogens with two attached hydrogens (primary N) is 1. The lowest BCUT2D eigenvalue weighted by Crippen LogP contribution is -2.44. The second-order valence-corrected chi connectivity index (χ2v) is 6.40. The second-order valence-electron chi connectivity index (χ2n) is 5.25. The first-order valence-corrected chi connectivity index (χ1v) is 7.45. The average molecular weight is 228 g/mol. The molecule has 3 unspecified atom stereocenters. The van der Waals surface area contributed by atoms with E-state index in [9.17, 15) is 0 Å². The highest BCUT2D eigenvalue weighted by molar-refractivity contribution is 7.99. The quantitative estimate of drug-likeness (QED) is 0.796. The van der Waals surface area contributed by atoms with Crippen molar-refractivity contribution in [2.24, 2.45) is 23.5 Å². The molecule has 3 heteroatoms. The number of rotatable bonds is 3. The first-order chi connectivity index (χ1) is 7.29. The van der Waals surface area contributed by atoms with Gasteiger partial charge in [0, 0.05) is 13.1 Å². The molecule has 0 spiro atoms. The topological polar surface area (TPSA) is 29.3 Å². The maximum atomic E-state index is 5.83. The first-order valence-electron chi connectivity index (χ1n) is 6.29. The van der Waals surface area contributed by atoms with Crippen LogP contribution >= 0.6 is 11.8 Å². The van der Waals surface area contributed by atoms with Gasteiger partial charge in [-0.1, -0.05) is 6.92 Å². The van der Waals surface area contributed by atoms with Gasteiger partial charge >= 0.3 is 0 Å². The highest BCUT2D eigenvalue weighted by atomic mass is 32.2. The molecule has 0 aliphatic carbocycles. The molecule has 3 atom stereocenters. The third-order valence-corrected chi connectivity index (χ3v) is 5.27. The van der Waals surface area contributed by atoms with E-state index in [4.69, 9.17) is 5.73 Å². The van der Waals surface area contributed by atoms with Gasteiger partial charge in [-0.05, 0) is 55.2 Å². The maximum Gasteiger partial charge on any atom is 0.00244 e. The Morgan fingerprint density at radius 3 is 2.93 bits per heavy atom. The minimum Gasteiger partial charge on any atom is -0.330 e. The fourth-order valence-corrected chi connectivity index (χ4v) is 4.06. The van der Waals surface area contributed by atoms with Crippen molar-refractivity contribution in [1.29, 1.82) is 0 Å². The molecule has 2 aliphatic heterocycles. The SMILES string of the molecule is CC1CCN(CC2CCSC2)CC1CN. The summed E-state index contributed by atoms with van der Waals surface area (Å²) in [6.07, 6.45) is 2.78. The van der Waals surface area contributed by atoms with Gasteiger partial charge in [0.1, 0.15) is 0 Å². The zero-order valence-electron chi connectivity index (χ0n) is 9.82. The molecule has 0 saturated carbocycles. The highest BCUT2D eigenvalue weighted by Gasteiger charge is 2.27. The van der Waals surface area contributed by atoms with Crippen molar-refractivity contribution >= 4 is 11.8 Å².